The molecule has 0 amide bonds. The maximum Gasteiger partial charge on any atom is 0.266 e. The Kier molecular flexibility index (Phi) is 6.33. The van der Waals surface area contributed by atoms with Crippen LogP contribution in [0.25, 0.3) is 22.3 Å². The van der Waals surface area contributed by atoms with Gasteiger partial charge >= 0.3 is 0 Å². The monoisotopic (exact) mass is 521 g/mol. The normalized spacial score (nSPS) is 11.5. The van der Waals surface area contributed by atoms with Gasteiger partial charge in [0.2, 0.25) is 0 Å². The van der Waals surface area contributed by atoms with Gasteiger partial charge in [0.1, 0.15) is 17.2 Å². The van der Waals surface area contributed by atoms with Crippen molar-refractivity contribution in [3.63, 3.8) is 0 Å². The minimum Gasteiger partial charge on any atom is -0.497 e. The van der Waals surface area contributed by atoms with E-state index >= 15 is 0 Å². The fourth-order valence-electron chi connectivity index (χ4n) is 3.95. The van der Waals surface area contributed by atoms with Gasteiger partial charge in [0.15, 0.2) is 11.0 Å². The number of methoxy groups -OCH3 is 2. The van der Waals surface area contributed by atoms with Crippen molar-refractivity contribution in [3.8, 4) is 23.0 Å². The number of hydrogen-bond donors (Lipinski definition) is 0. The van der Waals surface area contributed by atoms with Crippen molar-refractivity contribution >= 4 is 37.3 Å². The Morgan fingerprint density at radius 1 is 0.972 bits per heavy atom. The van der Waals surface area contributed by atoms with Crippen LogP contribution in [0.3, 0.4) is 0 Å². The summed E-state index contributed by atoms with van der Waals surface area (Å²) >= 11 is 1.25. The van der Waals surface area contributed by atoms with Crippen LogP contribution in [0.1, 0.15) is 5.56 Å². The fraction of sp³-hybridized carbons (Fsp3) is 0.160. The van der Waals surface area contributed by atoms with Gasteiger partial charge in [-0.1, -0.05) is 6.07 Å². The molecule has 0 aliphatic heterocycles. The van der Waals surface area contributed by atoms with E-state index in [0.29, 0.717) is 33.7 Å². The summed E-state index contributed by atoms with van der Waals surface area (Å²) in [4.78, 5) is 13.3. The third-order valence-electron chi connectivity index (χ3n) is 5.80. The molecule has 0 atom stereocenters. The van der Waals surface area contributed by atoms with Gasteiger partial charge in [-0.05, 0) is 35.7 Å². The molecule has 0 saturated carbocycles. The van der Waals surface area contributed by atoms with E-state index in [9.17, 15) is 8.42 Å². The number of nitrogens with zero attached hydrogens (tertiary/aromatic N) is 5. The molecule has 0 radical (unpaired) electrons. The standard InChI is InChI=1S/C25H23N5O4S2/c1-29-12-10-27-24(29)23-21-7-6-20(14-17(21)8-9-26-23)36(31,32)30(25-28-11-13-35-25)16-18-4-5-19(33-2)15-22(18)34-3/h4-15H,16H2,1-3H3. The first-order chi connectivity index (χ1) is 17.4. The number of benzene rings is 2. The number of aryl methyl sites for hydroxylation is 1. The summed E-state index contributed by atoms with van der Waals surface area (Å²) in [6.45, 7) is 0.0376. The first-order valence-electron chi connectivity index (χ1n) is 10.9. The molecule has 0 unspecified atom stereocenters. The van der Waals surface area contributed by atoms with Crippen LogP contribution in [0.5, 0.6) is 11.5 Å². The van der Waals surface area contributed by atoms with Gasteiger partial charge in [-0.2, -0.15) is 0 Å². The average molecular weight is 522 g/mol. The van der Waals surface area contributed by atoms with Gasteiger partial charge in [0, 0.05) is 54.2 Å². The lowest BCUT2D eigenvalue weighted by Gasteiger charge is -2.23. The molecule has 11 heteroatoms. The minimum absolute atomic E-state index is 0.0376. The van der Waals surface area contributed by atoms with E-state index in [2.05, 4.69) is 15.0 Å². The molecule has 0 fully saturated rings. The van der Waals surface area contributed by atoms with Crippen molar-refractivity contribution in [3.05, 3.63) is 78.2 Å². The summed E-state index contributed by atoms with van der Waals surface area (Å²) in [6.07, 6.45) is 6.78. The van der Waals surface area contributed by atoms with Crippen LogP contribution < -0.4 is 13.8 Å². The van der Waals surface area contributed by atoms with Crippen LogP contribution in [-0.4, -0.2) is 42.2 Å². The molecule has 0 saturated heterocycles. The number of hydrogen-bond acceptors (Lipinski definition) is 8. The largest absolute Gasteiger partial charge is 0.497 e. The van der Waals surface area contributed by atoms with Crippen molar-refractivity contribution in [2.45, 2.75) is 11.4 Å². The summed E-state index contributed by atoms with van der Waals surface area (Å²) in [5.74, 6) is 1.84. The summed E-state index contributed by atoms with van der Waals surface area (Å²) < 4.78 is 41.9. The van der Waals surface area contributed by atoms with Crippen LogP contribution in [0.15, 0.2) is 77.5 Å². The molecule has 36 heavy (non-hydrogen) atoms. The van der Waals surface area contributed by atoms with Crippen molar-refractivity contribution < 1.29 is 17.9 Å². The Balaban J connectivity index is 1.59. The molecule has 0 bridgehead atoms. The Morgan fingerprint density at radius 3 is 2.53 bits per heavy atom. The molecule has 5 aromatic rings. The highest BCUT2D eigenvalue weighted by Gasteiger charge is 2.28. The number of rotatable bonds is 8. The lowest BCUT2D eigenvalue weighted by Crippen LogP contribution is -2.30. The first-order valence-corrected chi connectivity index (χ1v) is 13.2. The number of thiazole rings is 1. The van der Waals surface area contributed by atoms with Crippen molar-refractivity contribution in [2.24, 2.45) is 7.05 Å². The SMILES string of the molecule is COc1ccc(CN(c2nccs2)S(=O)(=O)c2ccc3c(-c4nccn4C)nccc3c2)c(OC)c1. The number of pyridine rings is 1. The van der Waals surface area contributed by atoms with Crippen LogP contribution in [0, 0.1) is 0 Å². The van der Waals surface area contributed by atoms with Gasteiger partial charge in [0.05, 0.1) is 25.7 Å². The van der Waals surface area contributed by atoms with E-state index in [1.165, 1.54) is 22.8 Å². The van der Waals surface area contributed by atoms with Crippen molar-refractivity contribution in [2.75, 3.05) is 18.5 Å². The maximum atomic E-state index is 14.0. The third kappa shape index (κ3) is 4.27. The zero-order valence-corrected chi connectivity index (χ0v) is 21.5. The van der Waals surface area contributed by atoms with Crippen LogP contribution in [-0.2, 0) is 23.6 Å². The molecule has 0 aliphatic rings. The maximum absolute atomic E-state index is 14.0. The Morgan fingerprint density at radius 2 is 1.83 bits per heavy atom. The van der Waals surface area contributed by atoms with E-state index in [-0.39, 0.29) is 11.4 Å². The van der Waals surface area contributed by atoms with Gasteiger partial charge in [0.25, 0.3) is 10.0 Å². The molecule has 5 rings (SSSR count). The predicted octanol–water partition coefficient (Wildman–Crippen LogP) is 4.50. The second-order valence-electron chi connectivity index (χ2n) is 7.91. The van der Waals surface area contributed by atoms with E-state index in [1.807, 2.05) is 17.8 Å². The number of ether oxygens (including phenoxy) is 2. The zero-order valence-electron chi connectivity index (χ0n) is 19.8. The lowest BCUT2D eigenvalue weighted by atomic mass is 10.1. The highest BCUT2D eigenvalue weighted by atomic mass is 32.2. The minimum atomic E-state index is -3.98. The molecule has 0 aliphatic carbocycles. The smallest absolute Gasteiger partial charge is 0.266 e. The molecule has 184 valence electrons. The molecule has 2 aromatic carbocycles. The van der Waals surface area contributed by atoms with Crippen LogP contribution in [0.4, 0.5) is 5.13 Å². The summed E-state index contributed by atoms with van der Waals surface area (Å²) in [5, 5.41) is 3.65. The highest BCUT2D eigenvalue weighted by molar-refractivity contribution is 7.93. The van der Waals surface area contributed by atoms with Gasteiger partial charge in [-0.3, -0.25) is 4.98 Å². The topological polar surface area (TPSA) is 99.4 Å². The molecule has 0 spiro atoms. The molecular formula is C25H23N5O4S2. The highest BCUT2D eigenvalue weighted by Crippen LogP contribution is 2.34. The van der Waals surface area contributed by atoms with E-state index in [4.69, 9.17) is 9.47 Å². The fourth-order valence-corrected chi connectivity index (χ4v) is 6.25. The van der Waals surface area contributed by atoms with Gasteiger partial charge in [-0.15, -0.1) is 11.3 Å². The second kappa shape index (κ2) is 9.59. The molecular weight excluding hydrogens is 498 g/mol. The molecule has 0 N–H and O–H groups in total. The van der Waals surface area contributed by atoms with Crippen molar-refractivity contribution in [1.29, 1.82) is 0 Å². The average Bonchev–Trinajstić information content (AvgIpc) is 3.58. The lowest BCUT2D eigenvalue weighted by molar-refractivity contribution is 0.391. The van der Waals surface area contributed by atoms with E-state index in [1.54, 1.807) is 73.5 Å². The van der Waals surface area contributed by atoms with Crippen molar-refractivity contribution in [1.82, 2.24) is 19.5 Å². The molecule has 9 nitrogen and oxygen atoms in total. The van der Waals surface area contributed by atoms with Crippen LogP contribution >= 0.6 is 11.3 Å². The number of anilines is 1. The van der Waals surface area contributed by atoms with Gasteiger partial charge in [-0.25, -0.2) is 22.7 Å². The predicted molar refractivity (Wildman–Crippen MR) is 139 cm³/mol. The Hall–Kier alpha value is -3.96. The van der Waals surface area contributed by atoms with E-state index in [0.717, 1.165) is 10.8 Å². The molecule has 3 aromatic heterocycles. The summed E-state index contributed by atoms with van der Waals surface area (Å²) in [7, 11) is 1.02. The number of fused-ring (bicyclic) bond motifs is 1. The first kappa shape index (κ1) is 23.8. The number of imidazole rings is 1. The van der Waals surface area contributed by atoms with Crippen LogP contribution in [0.2, 0.25) is 0 Å². The van der Waals surface area contributed by atoms with Gasteiger partial charge < -0.3 is 14.0 Å². The third-order valence-corrected chi connectivity index (χ3v) is 8.44. The quantitative estimate of drug-likeness (QED) is 0.296. The summed E-state index contributed by atoms with van der Waals surface area (Å²) in [6, 6.07) is 12.1. The zero-order chi connectivity index (χ0) is 25.3. The second-order valence-corrected chi connectivity index (χ2v) is 10.6. The summed E-state index contributed by atoms with van der Waals surface area (Å²) in [5.41, 5.74) is 1.36. The Bertz CT molecular complexity index is 1630. The Labute approximate surface area is 212 Å². The van der Waals surface area contributed by atoms with E-state index < -0.39 is 10.0 Å². The number of sulfonamides is 1. The molecule has 3 heterocycles. The number of aromatic nitrogens is 4.